The molecule has 22 heavy (non-hydrogen) atoms. The van der Waals surface area contributed by atoms with Gasteiger partial charge in [-0.25, -0.2) is 9.97 Å². The Labute approximate surface area is 144 Å². The minimum absolute atomic E-state index is 0. The fourth-order valence-electron chi connectivity index (χ4n) is 2.47. The Morgan fingerprint density at radius 3 is 2.73 bits per heavy atom. The monoisotopic (exact) mass is 349 g/mol. The van der Waals surface area contributed by atoms with Crippen molar-refractivity contribution >= 4 is 36.7 Å². The number of piperidine rings is 1. The van der Waals surface area contributed by atoms with Crippen molar-refractivity contribution in [2.75, 3.05) is 31.6 Å². The molecule has 0 radical (unpaired) electrons. The molecule has 6 nitrogen and oxygen atoms in total. The SMILES string of the molecule is CNCC(C)C(=O)NC1CCCN(c2ncccn2)C1.Cl.Cl. The molecule has 2 N–H and O–H groups in total. The van der Waals surface area contributed by atoms with Crippen LogP contribution < -0.4 is 15.5 Å². The van der Waals surface area contributed by atoms with Gasteiger partial charge in [0.25, 0.3) is 0 Å². The number of nitrogens with one attached hydrogen (secondary N) is 2. The number of hydrogen-bond acceptors (Lipinski definition) is 5. The Balaban J connectivity index is 0.00000220. The average molecular weight is 350 g/mol. The fraction of sp³-hybridized carbons (Fsp3) is 0.643. The number of carbonyl (C=O) groups excluding carboxylic acids is 1. The first-order valence-electron chi connectivity index (χ1n) is 7.17. The number of nitrogens with zero attached hydrogens (tertiary/aromatic N) is 3. The Kier molecular flexibility index (Phi) is 10.1. The zero-order chi connectivity index (χ0) is 14.4. The van der Waals surface area contributed by atoms with Gasteiger partial charge in [0.05, 0.1) is 0 Å². The Morgan fingerprint density at radius 1 is 1.41 bits per heavy atom. The Bertz CT molecular complexity index is 435. The van der Waals surface area contributed by atoms with Crippen LogP contribution in [0.15, 0.2) is 18.5 Å². The van der Waals surface area contributed by atoms with Crippen molar-refractivity contribution in [3.05, 3.63) is 18.5 Å². The van der Waals surface area contributed by atoms with Crippen LogP contribution in [0.5, 0.6) is 0 Å². The third-order valence-corrected chi connectivity index (χ3v) is 3.56. The van der Waals surface area contributed by atoms with Crippen LogP contribution >= 0.6 is 24.8 Å². The first-order valence-corrected chi connectivity index (χ1v) is 7.17. The largest absolute Gasteiger partial charge is 0.351 e. The molecule has 2 atom stereocenters. The lowest BCUT2D eigenvalue weighted by atomic mass is 10.0. The van der Waals surface area contributed by atoms with Gasteiger partial charge in [-0.1, -0.05) is 6.92 Å². The molecule has 0 aliphatic carbocycles. The van der Waals surface area contributed by atoms with Gasteiger partial charge >= 0.3 is 0 Å². The van der Waals surface area contributed by atoms with Crippen LogP contribution in [0.4, 0.5) is 5.95 Å². The van der Waals surface area contributed by atoms with E-state index in [9.17, 15) is 4.79 Å². The van der Waals surface area contributed by atoms with E-state index in [4.69, 9.17) is 0 Å². The summed E-state index contributed by atoms with van der Waals surface area (Å²) in [5.41, 5.74) is 0. The highest BCUT2D eigenvalue weighted by atomic mass is 35.5. The van der Waals surface area contributed by atoms with Gasteiger partial charge in [-0.2, -0.15) is 0 Å². The maximum absolute atomic E-state index is 12.0. The number of halogens is 2. The van der Waals surface area contributed by atoms with Crippen LogP contribution in [0, 0.1) is 5.92 Å². The van der Waals surface area contributed by atoms with E-state index in [1.54, 1.807) is 12.4 Å². The highest BCUT2D eigenvalue weighted by Gasteiger charge is 2.24. The topological polar surface area (TPSA) is 70.2 Å². The van der Waals surface area contributed by atoms with Crippen LogP contribution in [-0.4, -0.2) is 48.6 Å². The zero-order valence-corrected chi connectivity index (χ0v) is 14.6. The molecule has 2 unspecified atom stereocenters. The molecular formula is C14H25Cl2N5O. The Hall–Kier alpha value is -1.11. The molecule has 1 fully saturated rings. The predicted molar refractivity (Wildman–Crippen MR) is 93.0 cm³/mol. The van der Waals surface area contributed by atoms with Gasteiger partial charge in [-0.15, -0.1) is 24.8 Å². The molecule has 0 aromatic carbocycles. The van der Waals surface area contributed by atoms with Crippen molar-refractivity contribution in [3.63, 3.8) is 0 Å². The molecule has 1 aliphatic rings. The lowest BCUT2D eigenvalue weighted by molar-refractivity contribution is -0.125. The van der Waals surface area contributed by atoms with Gasteiger partial charge in [0, 0.05) is 44.0 Å². The number of amides is 1. The molecule has 2 rings (SSSR count). The van der Waals surface area contributed by atoms with E-state index in [1.807, 2.05) is 20.0 Å². The summed E-state index contributed by atoms with van der Waals surface area (Å²) >= 11 is 0. The summed E-state index contributed by atoms with van der Waals surface area (Å²) in [5, 5.41) is 6.16. The fourth-order valence-corrected chi connectivity index (χ4v) is 2.47. The number of aromatic nitrogens is 2. The second kappa shape index (κ2) is 10.6. The van der Waals surface area contributed by atoms with Gasteiger partial charge in [-0.3, -0.25) is 4.79 Å². The minimum Gasteiger partial charge on any atom is -0.351 e. The standard InChI is InChI=1S/C14H23N5O.2ClH/c1-11(9-15-2)13(20)18-12-5-3-8-19(10-12)14-16-6-4-7-17-14;;/h4,6-7,11-12,15H,3,5,8-10H2,1-2H3,(H,18,20);2*1H. The smallest absolute Gasteiger partial charge is 0.225 e. The first-order chi connectivity index (χ1) is 9.70. The predicted octanol–water partition coefficient (Wildman–Crippen LogP) is 1.26. The summed E-state index contributed by atoms with van der Waals surface area (Å²) < 4.78 is 0. The number of rotatable bonds is 5. The molecule has 0 bridgehead atoms. The van der Waals surface area contributed by atoms with E-state index in [0.29, 0.717) is 6.54 Å². The molecule has 1 amide bonds. The quantitative estimate of drug-likeness (QED) is 0.837. The van der Waals surface area contributed by atoms with E-state index in [2.05, 4.69) is 25.5 Å². The van der Waals surface area contributed by atoms with Crippen LogP contribution in [-0.2, 0) is 4.79 Å². The van der Waals surface area contributed by atoms with Crippen LogP contribution in [0.1, 0.15) is 19.8 Å². The van der Waals surface area contributed by atoms with Crippen LogP contribution in [0.3, 0.4) is 0 Å². The third-order valence-electron chi connectivity index (χ3n) is 3.56. The summed E-state index contributed by atoms with van der Waals surface area (Å²) in [5.74, 6) is 0.846. The molecule has 1 aromatic rings. The molecule has 1 aliphatic heterocycles. The van der Waals surface area contributed by atoms with Gasteiger partial charge in [-0.05, 0) is 26.0 Å². The minimum atomic E-state index is -0.0108. The van der Waals surface area contributed by atoms with Crippen molar-refractivity contribution in [1.29, 1.82) is 0 Å². The van der Waals surface area contributed by atoms with Gasteiger partial charge in [0.15, 0.2) is 0 Å². The third kappa shape index (κ3) is 5.94. The van der Waals surface area contributed by atoms with Gasteiger partial charge in [0.1, 0.15) is 0 Å². The highest BCUT2D eigenvalue weighted by molar-refractivity contribution is 5.85. The van der Waals surface area contributed by atoms with E-state index in [-0.39, 0.29) is 42.7 Å². The van der Waals surface area contributed by atoms with E-state index in [0.717, 1.165) is 31.9 Å². The summed E-state index contributed by atoms with van der Waals surface area (Å²) in [6, 6.07) is 1.99. The van der Waals surface area contributed by atoms with E-state index in [1.165, 1.54) is 0 Å². The van der Waals surface area contributed by atoms with E-state index < -0.39 is 0 Å². The van der Waals surface area contributed by atoms with Gasteiger partial charge < -0.3 is 15.5 Å². The Morgan fingerprint density at radius 2 is 2.09 bits per heavy atom. The second-order valence-corrected chi connectivity index (χ2v) is 5.30. The normalized spacial score (nSPS) is 18.6. The summed E-state index contributed by atoms with van der Waals surface area (Å²) in [4.78, 5) is 22.7. The van der Waals surface area contributed by atoms with Crippen molar-refractivity contribution in [1.82, 2.24) is 20.6 Å². The molecule has 2 heterocycles. The van der Waals surface area contributed by atoms with Crippen molar-refractivity contribution in [3.8, 4) is 0 Å². The number of hydrogen-bond donors (Lipinski definition) is 2. The molecule has 0 saturated carbocycles. The lowest BCUT2D eigenvalue weighted by Crippen LogP contribution is -2.50. The highest BCUT2D eigenvalue weighted by Crippen LogP contribution is 2.15. The molecular weight excluding hydrogens is 325 g/mol. The molecule has 126 valence electrons. The van der Waals surface area contributed by atoms with Crippen molar-refractivity contribution in [2.45, 2.75) is 25.8 Å². The maximum Gasteiger partial charge on any atom is 0.225 e. The first kappa shape index (κ1) is 20.9. The summed E-state index contributed by atoms with van der Waals surface area (Å²) in [6.45, 7) is 4.36. The maximum atomic E-state index is 12.0. The summed E-state index contributed by atoms with van der Waals surface area (Å²) in [7, 11) is 1.86. The lowest BCUT2D eigenvalue weighted by Gasteiger charge is -2.33. The van der Waals surface area contributed by atoms with Crippen molar-refractivity contribution in [2.24, 2.45) is 5.92 Å². The average Bonchev–Trinajstić information content (AvgIpc) is 2.48. The second-order valence-electron chi connectivity index (χ2n) is 5.30. The van der Waals surface area contributed by atoms with Crippen LogP contribution in [0.2, 0.25) is 0 Å². The molecule has 0 spiro atoms. The van der Waals surface area contributed by atoms with Gasteiger partial charge in [0.2, 0.25) is 11.9 Å². The number of carbonyl (C=O) groups is 1. The molecule has 8 heteroatoms. The summed E-state index contributed by atoms with van der Waals surface area (Å²) in [6.07, 6.45) is 5.56. The van der Waals surface area contributed by atoms with Crippen LogP contribution in [0.25, 0.3) is 0 Å². The molecule has 1 aromatic heterocycles. The zero-order valence-electron chi connectivity index (χ0n) is 13.0. The molecule has 1 saturated heterocycles. The van der Waals surface area contributed by atoms with E-state index >= 15 is 0 Å². The number of anilines is 1. The van der Waals surface area contributed by atoms with Crippen molar-refractivity contribution < 1.29 is 4.79 Å².